The maximum absolute atomic E-state index is 13.5. The first-order valence-corrected chi connectivity index (χ1v) is 12.4. The molecule has 8 nitrogen and oxygen atoms in total. The molecule has 36 heavy (non-hydrogen) atoms. The summed E-state index contributed by atoms with van der Waals surface area (Å²) in [6.07, 6.45) is 0. The molecule has 0 bridgehead atoms. The molecular weight excluding hydrogens is 474 g/mol. The van der Waals surface area contributed by atoms with Crippen molar-refractivity contribution in [1.82, 2.24) is 19.2 Å². The van der Waals surface area contributed by atoms with Crippen molar-refractivity contribution in [2.75, 3.05) is 12.4 Å². The highest BCUT2D eigenvalue weighted by atomic mass is 32.2. The molecule has 182 valence electrons. The zero-order valence-corrected chi connectivity index (χ0v) is 21.0. The fraction of sp³-hybridized carbons (Fsp3) is 0.185. The molecule has 0 saturated carbocycles. The highest BCUT2D eigenvalue weighted by molar-refractivity contribution is 8.00. The first-order valence-electron chi connectivity index (χ1n) is 11.5. The number of hydrogen-bond acceptors (Lipinski definition) is 6. The minimum Gasteiger partial charge on any atom is -0.496 e. The normalized spacial score (nSPS) is 12.1. The molecule has 0 aliphatic heterocycles. The first-order chi connectivity index (χ1) is 17.5. The van der Waals surface area contributed by atoms with E-state index in [-0.39, 0.29) is 18.0 Å². The summed E-state index contributed by atoms with van der Waals surface area (Å²) in [7, 11) is 1.60. The Bertz CT molecular complexity index is 1640. The largest absolute Gasteiger partial charge is 0.496 e. The van der Waals surface area contributed by atoms with Gasteiger partial charge in [0.05, 0.1) is 29.8 Å². The van der Waals surface area contributed by atoms with Gasteiger partial charge in [-0.15, -0.1) is 10.2 Å². The number of aryl methyl sites for hydroxylation is 1. The molecule has 0 spiro atoms. The molecule has 1 N–H and O–H groups in total. The van der Waals surface area contributed by atoms with Crippen LogP contribution in [0.3, 0.4) is 0 Å². The fourth-order valence-electron chi connectivity index (χ4n) is 4.13. The Balaban J connectivity index is 1.55. The zero-order chi connectivity index (χ0) is 25.2. The highest BCUT2D eigenvalue weighted by Crippen LogP contribution is 2.27. The van der Waals surface area contributed by atoms with Gasteiger partial charge in [0.25, 0.3) is 5.56 Å². The maximum atomic E-state index is 13.5. The molecule has 5 rings (SSSR count). The molecule has 9 heteroatoms. The third-order valence-electron chi connectivity index (χ3n) is 5.94. The van der Waals surface area contributed by atoms with Crippen LogP contribution in [-0.2, 0) is 11.3 Å². The average Bonchev–Trinajstić information content (AvgIpc) is 3.30. The number of thioether (sulfide) groups is 1. The van der Waals surface area contributed by atoms with E-state index in [1.165, 1.54) is 11.8 Å². The van der Waals surface area contributed by atoms with Gasteiger partial charge < -0.3 is 10.1 Å². The molecule has 0 saturated heterocycles. The maximum Gasteiger partial charge on any atom is 0.263 e. The number of nitrogens with one attached hydrogen (secondary N) is 1. The molecule has 2 aromatic heterocycles. The smallest absolute Gasteiger partial charge is 0.263 e. The van der Waals surface area contributed by atoms with E-state index in [4.69, 9.17) is 4.74 Å². The average molecular weight is 500 g/mol. The summed E-state index contributed by atoms with van der Waals surface area (Å²) < 4.78 is 8.92. The number of hydrogen-bond donors (Lipinski definition) is 1. The molecular formula is C27H25N5O3S. The summed E-state index contributed by atoms with van der Waals surface area (Å²) in [6, 6.07) is 22.6. The summed E-state index contributed by atoms with van der Waals surface area (Å²) in [6.45, 7) is 4.07. The number of rotatable bonds is 7. The predicted molar refractivity (Wildman–Crippen MR) is 142 cm³/mol. The quantitative estimate of drug-likeness (QED) is 0.331. The Morgan fingerprint density at radius 3 is 2.64 bits per heavy atom. The second kappa shape index (κ2) is 9.87. The summed E-state index contributed by atoms with van der Waals surface area (Å²) in [5.74, 6) is 0.943. The number of benzene rings is 3. The lowest BCUT2D eigenvalue weighted by Crippen LogP contribution is -2.25. The number of carbonyl (C=O) groups excluding carboxylic acids is 1. The first kappa shape index (κ1) is 23.6. The van der Waals surface area contributed by atoms with Crippen LogP contribution in [0.25, 0.3) is 16.7 Å². The van der Waals surface area contributed by atoms with E-state index >= 15 is 0 Å². The van der Waals surface area contributed by atoms with Crippen molar-refractivity contribution in [2.45, 2.75) is 30.8 Å². The predicted octanol–water partition coefficient (Wildman–Crippen LogP) is 4.53. The molecule has 1 unspecified atom stereocenters. The van der Waals surface area contributed by atoms with E-state index in [1.54, 1.807) is 17.7 Å². The van der Waals surface area contributed by atoms with Crippen LogP contribution in [0.2, 0.25) is 0 Å². The third kappa shape index (κ3) is 4.45. The Hall–Kier alpha value is -4.11. The SMILES string of the molecule is COc1ccccc1Cn1c(=O)c2ccccc2n2c(SC(C)C(=O)Nc3cccc(C)c3)nnc12. The summed E-state index contributed by atoms with van der Waals surface area (Å²) >= 11 is 1.29. The Labute approximate surface area is 211 Å². The fourth-order valence-corrected chi connectivity index (χ4v) is 4.99. The van der Waals surface area contributed by atoms with Crippen molar-refractivity contribution in [1.29, 1.82) is 0 Å². The number of para-hydroxylation sites is 2. The standard InChI is InChI=1S/C27H25N5O3S/c1-17-9-8-11-20(15-17)28-24(33)18(2)36-27-30-29-26-31(16-19-10-4-7-14-23(19)35-3)25(34)21-12-5-6-13-22(21)32(26)27/h4-15,18H,16H2,1-3H3,(H,28,33). The van der Waals surface area contributed by atoms with Crippen LogP contribution in [0.1, 0.15) is 18.1 Å². The van der Waals surface area contributed by atoms with Gasteiger partial charge in [0.2, 0.25) is 11.7 Å². The van der Waals surface area contributed by atoms with E-state index < -0.39 is 5.25 Å². The number of methoxy groups -OCH3 is 1. The minimum absolute atomic E-state index is 0.144. The van der Waals surface area contributed by atoms with Crippen molar-refractivity contribution in [3.05, 3.63) is 94.3 Å². The van der Waals surface area contributed by atoms with Crippen LogP contribution >= 0.6 is 11.8 Å². The van der Waals surface area contributed by atoms with Crippen LogP contribution in [-0.4, -0.2) is 37.4 Å². The van der Waals surface area contributed by atoms with Crippen LogP contribution in [0.4, 0.5) is 5.69 Å². The van der Waals surface area contributed by atoms with Crippen LogP contribution in [0.15, 0.2) is 82.7 Å². The number of fused-ring (bicyclic) bond motifs is 3. The topological polar surface area (TPSA) is 90.5 Å². The number of ether oxygens (including phenoxy) is 1. The van der Waals surface area contributed by atoms with Crippen LogP contribution < -0.4 is 15.6 Å². The van der Waals surface area contributed by atoms with Gasteiger partial charge >= 0.3 is 0 Å². The summed E-state index contributed by atoms with van der Waals surface area (Å²) in [5.41, 5.74) is 3.18. The van der Waals surface area contributed by atoms with Crippen LogP contribution in [0, 0.1) is 6.92 Å². The minimum atomic E-state index is -0.453. The van der Waals surface area contributed by atoms with Crippen molar-refractivity contribution in [3.8, 4) is 5.75 Å². The Kier molecular flexibility index (Phi) is 6.47. The van der Waals surface area contributed by atoms with Gasteiger partial charge in [0.15, 0.2) is 5.16 Å². The molecule has 0 radical (unpaired) electrons. The Morgan fingerprint density at radius 1 is 1.06 bits per heavy atom. The van der Waals surface area contributed by atoms with Gasteiger partial charge in [-0.05, 0) is 49.7 Å². The number of anilines is 1. The molecule has 5 aromatic rings. The van der Waals surface area contributed by atoms with E-state index in [2.05, 4.69) is 15.5 Å². The van der Waals surface area contributed by atoms with Gasteiger partial charge in [0.1, 0.15) is 5.75 Å². The van der Waals surface area contributed by atoms with Crippen molar-refractivity contribution >= 4 is 40.0 Å². The van der Waals surface area contributed by atoms with E-state index in [0.717, 1.165) is 16.8 Å². The van der Waals surface area contributed by atoms with Crippen LogP contribution in [0.5, 0.6) is 5.75 Å². The molecule has 2 heterocycles. The van der Waals surface area contributed by atoms with Gasteiger partial charge in [-0.1, -0.05) is 54.2 Å². The molecule has 0 aliphatic rings. The molecule has 0 fully saturated rings. The lowest BCUT2D eigenvalue weighted by atomic mass is 10.2. The van der Waals surface area contributed by atoms with Gasteiger partial charge in [0, 0.05) is 11.3 Å². The monoisotopic (exact) mass is 499 g/mol. The summed E-state index contributed by atoms with van der Waals surface area (Å²) in [4.78, 5) is 26.4. The number of aromatic nitrogens is 4. The summed E-state index contributed by atoms with van der Waals surface area (Å²) in [5, 5.41) is 12.3. The van der Waals surface area contributed by atoms with Gasteiger partial charge in [-0.2, -0.15) is 0 Å². The lowest BCUT2D eigenvalue weighted by molar-refractivity contribution is -0.115. The second-order valence-corrected chi connectivity index (χ2v) is 9.77. The number of carbonyl (C=O) groups is 1. The van der Waals surface area contributed by atoms with Crippen molar-refractivity contribution in [3.63, 3.8) is 0 Å². The van der Waals surface area contributed by atoms with E-state index in [1.807, 2.05) is 85.0 Å². The number of nitrogens with zero attached hydrogens (tertiary/aromatic N) is 4. The third-order valence-corrected chi connectivity index (χ3v) is 6.98. The second-order valence-electron chi connectivity index (χ2n) is 8.46. The zero-order valence-electron chi connectivity index (χ0n) is 20.1. The van der Waals surface area contributed by atoms with E-state index in [9.17, 15) is 9.59 Å². The van der Waals surface area contributed by atoms with Gasteiger partial charge in [-0.3, -0.25) is 18.6 Å². The van der Waals surface area contributed by atoms with Crippen molar-refractivity contribution in [2.24, 2.45) is 0 Å². The molecule has 1 atom stereocenters. The lowest BCUT2D eigenvalue weighted by Gasteiger charge is -2.14. The van der Waals surface area contributed by atoms with Crippen molar-refractivity contribution < 1.29 is 9.53 Å². The van der Waals surface area contributed by atoms with E-state index in [0.29, 0.717) is 27.6 Å². The molecule has 0 aliphatic carbocycles. The molecule has 1 amide bonds. The van der Waals surface area contributed by atoms with Gasteiger partial charge in [-0.25, -0.2) is 0 Å². The molecule has 3 aromatic carbocycles. The Morgan fingerprint density at radius 2 is 1.83 bits per heavy atom. The highest BCUT2D eigenvalue weighted by Gasteiger charge is 2.22. The number of amides is 1.